The lowest BCUT2D eigenvalue weighted by Crippen LogP contribution is -2.41. The molecular formula is C18H28ClN3O2S. The van der Waals surface area contributed by atoms with Crippen molar-refractivity contribution in [2.24, 2.45) is 5.92 Å². The molecule has 2 amide bonds. The van der Waals surface area contributed by atoms with Gasteiger partial charge in [0.25, 0.3) is 0 Å². The molecule has 0 aromatic carbocycles. The second kappa shape index (κ2) is 9.55. The maximum Gasteiger partial charge on any atom is 0.223 e. The van der Waals surface area contributed by atoms with Crippen LogP contribution >= 0.6 is 23.7 Å². The SMILES string of the molecule is CNCC1CCN(C(=O)CCC(=O)N2CCc3sccc3C2)CC1.Cl. The van der Waals surface area contributed by atoms with Gasteiger partial charge in [0.2, 0.25) is 11.8 Å². The van der Waals surface area contributed by atoms with Crippen LogP contribution in [0, 0.1) is 5.92 Å². The normalized spacial score (nSPS) is 17.8. The Morgan fingerprint density at radius 3 is 2.52 bits per heavy atom. The van der Waals surface area contributed by atoms with Crippen LogP contribution in [0.3, 0.4) is 0 Å². The fourth-order valence-corrected chi connectivity index (χ4v) is 4.56. The van der Waals surface area contributed by atoms with Crippen LogP contribution in [0.25, 0.3) is 0 Å². The van der Waals surface area contributed by atoms with Crippen LogP contribution in [-0.2, 0) is 22.6 Å². The molecule has 5 nitrogen and oxygen atoms in total. The molecule has 0 atom stereocenters. The molecule has 0 saturated carbocycles. The highest BCUT2D eigenvalue weighted by Crippen LogP contribution is 2.24. The van der Waals surface area contributed by atoms with Gasteiger partial charge >= 0.3 is 0 Å². The molecule has 0 bridgehead atoms. The van der Waals surface area contributed by atoms with Crippen molar-refractivity contribution in [3.63, 3.8) is 0 Å². The van der Waals surface area contributed by atoms with Gasteiger partial charge in [-0.1, -0.05) is 0 Å². The number of nitrogens with zero attached hydrogens (tertiary/aromatic N) is 2. The van der Waals surface area contributed by atoms with Gasteiger partial charge in [0, 0.05) is 43.9 Å². The summed E-state index contributed by atoms with van der Waals surface area (Å²) in [5.74, 6) is 0.929. The Labute approximate surface area is 160 Å². The molecule has 1 saturated heterocycles. The van der Waals surface area contributed by atoms with E-state index in [4.69, 9.17) is 0 Å². The van der Waals surface area contributed by atoms with Crippen molar-refractivity contribution in [2.45, 2.75) is 38.6 Å². The quantitative estimate of drug-likeness (QED) is 0.846. The van der Waals surface area contributed by atoms with E-state index in [1.807, 2.05) is 16.8 Å². The first-order valence-electron chi connectivity index (χ1n) is 8.92. The average Bonchev–Trinajstić information content (AvgIpc) is 3.08. The molecule has 0 aliphatic carbocycles. The zero-order valence-electron chi connectivity index (χ0n) is 14.8. The van der Waals surface area contributed by atoms with E-state index < -0.39 is 0 Å². The van der Waals surface area contributed by atoms with Gasteiger partial charge in [0.1, 0.15) is 0 Å². The van der Waals surface area contributed by atoms with E-state index >= 15 is 0 Å². The molecule has 0 spiro atoms. The third-order valence-electron chi connectivity index (χ3n) is 5.17. The predicted octanol–water partition coefficient (Wildman–Crippen LogP) is 2.29. The Bertz CT molecular complexity index is 585. The zero-order chi connectivity index (χ0) is 16.9. The van der Waals surface area contributed by atoms with Crippen molar-refractivity contribution >= 4 is 35.6 Å². The molecule has 25 heavy (non-hydrogen) atoms. The Morgan fingerprint density at radius 2 is 1.84 bits per heavy atom. The molecule has 1 N–H and O–H groups in total. The Morgan fingerprint density at radius 1 is 1.16 bits per heavy atom. The summed E-state index contributed by atoms with van der Waals surface area (Å²) < 4.78 is 0. The zero-order valence-corrected chi connectivity index (χ0v) is 16.5. The van der Waals surface area contributed by atoms with E-state index in [0.717, 1.165) is 45.4 Å². The number of nitrogens with one attached hydrogen (secondary N) is 1. The molecule has 7 heteroatoms. The summed E-state index contributed by atoms with van der Waals surface area (Å²) in [5.41, 5.74) is 1.28. The predicted molar refractivity (Wildman–Crippen MR) is 103 cm³/mol. The number of thiophene rings is 1. The highest BCUT2D eigenvalue weighted by molar-refractivity contribution is 7.10. The van der Waals surface area contributed by atoms with E-state index in [1.54, 1.807) is 11.3 Å². The molecule has 140 valence electrons. The fourth-order valence-electron chi connectivity index (χ4n) is 3.67. The van der Waals surface area contributed by atoms with E-state index in [9.17, 15) is 9.59 Å². The largest absolute Gasteiger partial charge is 0.343 e. The first-order chi connectivity index (χ1) is 11.7. The number of carbonyl (C=O) groups excluding carboxylic acids is 2. The first-order valence-corrected chi connectivity index (χ1v) is 9.80. The maximum atomic E-state index is 12.4. The lowest BCUT2D eigenvalue weighted by Gasteiger charge is -2.32. The summed E-state index contributed by atoms with van der Waals surface area (Å²) in [4.78, 5) is 30.0. The van der Waals surface area contributed by atoms with Gasteiger partial charge in [-0.3, -0.25) is 9.59 Å². The molecule has 0 radical (unpaired) electrons. The highest BCUT2D eigenvalue weighted by atomic mass is 35.5. The van der Waals surface area contributed by atoms with Crippen molar-refractivity contribution in [3.8, 4) is 0 Å². The smallest absolute Gasteiger partial charge is 0.223 e. The van der Waals surface area contributed by atoms with Crippen molar-refractivity contribution in [3.05, 3.63) is 21.9 Å². The van der Waals surface area contributed by atoms with Crippen LogP contribution in [-0.4, -0.2) is 54.8 Å². The van der Waals surface area contributed by atoms with Crippen LogP contribution in [0.1, 0.15) is 36.1 Å². The maximum absolute atomic E-state index is 12.4. The minimum atomic E-state index is 0. The molecule has 1 aromatic rings. The van der Waals surface area contributed by atoms with Crippen molar-refractivity contribution in [2.75, 3.05) is 33.2 Å². The van der Waals surface area contributed by atoms with Crippen LogP contribution in [0.4, 0.5) is 0 Å². The molecule has 1 aromatic heterocycles. The standard InChI is InChI=1S/C18H27N3O2S.ClH/c1-19-12-14-4-8-20(9-5-14)17(22)2-3-18(23)21-10-6-16-15(13-21)7-11-24-16;/h7,11,14,19H,2-6,8-10,12-13H2,1H3;1H. The van der Waals surface area contributed by atoms with Crippen molar-refractivity contribution < 1.29 is 9.59 Å². The number of hydrogen-bond donors (Lipinski definition) is 1. The van der Waals surface area contributed by atoms with E-state index in [1.165, 1.54) is 10.4 Å². The first kappa shape index (κ1) is 20.2. The van der Waals surface area contributed by atoms with Gasteiger partial charge in [-0.05, 0) is 55.8 Å². The number of likely N-dealkylation sites (tertiary alicyclic amines) is 1. The van der Waals surface area contributed by atoms with Gasteiger partial charge in [0.05, 0.1) is 0 Å². The minimum absolute atomic E-state index is 0. The Kier molecular flexibility index (Phi) is 7.72. The minimum Gasteiger partial charge on any atom is -0.343 e. The third-order valence-corrected chi connectivity index (χ3v) is 6.20. The lowest BCUT2D eigenvalue weighted by atomic mass is 9.96. The van der Waals surface area contributed by atoms with Crippen molar-refractivity contribution in [1.82, 2.24) is 15.1 Å². The lowest BCUT2D eigenvalue weighted by molar-refractivity contribution is -0.138. The van der Waals surface area contributed by atoms with Gasteiger partial charge in [-0.25, -0.2) is 0 Å². The summed E-state index contributed by atoms with van der Waals surface area (Å²) in [7, 11) is 1.97. The number of hydrogen-bond acceptors (Lipinski definition) is 4. The van der Waals surface area contributed by atoms with Gasteiger partial charge < -0.3 is 15.1 Å². The molecule has 1 fully saturated rings. The number of amides is 2. The van der Waals surface area contributed by atoms with Crippen LogP contribution < -0.4 is 5.32 Å². The van der Waals surface area contributed by atoms with E-state index in [-0.39, 0.29) is 24.2 Å². The number of halogens is 1. The van der Waals surface area contributed by atoms with Gasteiger partial charge in [-0.15, -0.1) is 23.7 Å². The number of fused-ring (bicyclic) bond motifs is 1. The van der Waals surface area contributed by atoms with Crippen LogP contribution in [0.5, 0.6) is 0 Å². The second-order valence-electron chi connectivity index (χ2n) is 6.82. The molecular weight excluding hydrogens is 358 g/mol. The van der Waals surface area contributed by atoms with Crippen molar-refractivity contribution in [1.29, 1.82) is 0 Å². The number of carbonyl (C=O) groups is 2. The molecule has 2 aliphatic heterocycles. The summed E-state index contributed by atoms with van der Waals surface area (Å²) in [6.45, 7) is 4.19. The molecule has 2 aliphatic rings. The second-order valence-corrected chi connectivity index (χ2v) is 7.82. The van der Waals surface area contributed by atoms with E-state index in [0.29, 0.717) is 25.3 Å². The summed E-state index contributed by atoms with van der Waals surface area (Å²) in [5, 5.41) is 5.31. The Balaban J connectivity index is 0.00000225. The average molecular weight is 386 g/mol. The molecule has 0 unspecified atom stereocenters. The Hall–Kier alpha value is -1.11. The van der Waals surface area contributed by atoms with E-state index in [2.05, 4.69) is 16.8 Å². The monoisotopic (exact) mass is 385 g/mol. The van der Waals surface area contributed by atoms with Crippen LogP contribution in [0.15, 0.2) is 11.4 Å². The van der Waals surface area contributed by atoms with Gasteiger partial charge in [0.15, 0.2) is 0 Å². The fraction of sp³-hybridized carbons (Fsp3) is 0.667. The summed E-state index contributed by atoms with van der Waals surface area (Å²) in [6, 6.07) is 2.11. The summed E-state index contributed by atoms with van der Waals surface area (Å²) >= 11 is 1.78. The third kappa shape index (κ3) is 5.19. The number of piperidine rings is 1. The molecule has 3 rings (SSSR count). The topological polar surface area (TPSA) is 52.7 Å². The highest BCUT2D eigenvalue weighted by Gasteiger charge is 2.25. The van der Waals surface area contributed by atoms with Gasteiger partial charge in [-0.2, -0.15) is 0 Å². The summed E-state index contributed by atoms with van der Waals surface area (Å²) in [6.07, 6.45) is 3.77. The number of rotatable bonds is 5. The van der Waals surface area contributed by atoms with Crippen LogP contribution in [0.2, 0.25) is 0 Å². The molecule has 3 heterocycles.